The average Bonchev–Trinajstić information content (AvgIpc) is 2.74. The van der Waals surface area contributed by atoms with Crippen LogP contribution in [0.1, 0.15) is 12.8 Å². The van der Waals surface area contributed by atoms with Crippen LogP contribution in [0.5, 0.6) is 0 Å². The Morgan fingerprint density at radius 3 is 2.64 bits per heavy atom. The lowest BCUT2D eigenvalue weighted by Gasteiger charge is -2.40. The van der Waals surface area contributed by atoms with Crippen LogP contribution in [-0.2, 0) is 4.74 Å². The van der Waals surface area contributed by atoms with Crippen LogP contribution >= 0.6 is 0 Å². The number of hydrogen-bond acceptors (Lipinski definition) is 4. The van der Waals surface area contributed by atoms with Gasteiger partial charge in [0.2, 0.25) is 0 Å². The molecule has 2 N–H and O–H groups in total. The number of aliphatic hydroxyl groups is 2. The summed E-state index contributed by atoms with van der Waals surface area (Å²) >= 11 is 0. The fourth-order valence-corrected chi connectivity index (χ4v) is 2.66. The van der Waals surface area contributed by atoms with Gasteiger partial charge >= 0.3 is 0 Å². The van der Waals surface area contributed by atoms with E-state index in [4.69, 9.17) is 4.74 Å². The third kappa shape index (κ3) is 1.37. The molecule has 2 atom stereocenters. The summed E-state index contributed by atoms with van der Waals surface area (Å²) in [5.41, 5.74) is -1.18. The predicted octanol–water partition coefficient (Wildman–Crippen LogP) is -0.548. The van der Waals surface area contributed by atoms with Crippen LogP contribution in [0.25, 0.3) is 0 Å². The van der Waals surface area contributed by atoms with E-state index in [1.54, 1.807) is 0 Å². The Balaban J connectivity index is 2.18. The first-order valence-corrected chi connectivity index (χ1v) is 5.21. The highest BCUT2D eigenvalue weighted by Gasteiger charge is 2.54. The van der Waals surface area contributed by atoms with Crippen LogP contribution in [0.15, 0.2) is 0 Å². The number of ether oxygens (including phenoxy) is 1. The molecule has 82 valence electrons. The van der Waals surface area contributed by atoms with E-state index in [2.05, 4.69) is 4.90 Å². The van der Waals surface area contributed by atoms with Crippen molar-refractivity contribution >= 4 is 0 Å². The molecule has 2 aliphatic heterocycles. The molecular formula is C10H19NO3. The first kappa shape index (κ1) is 10.4. The Kier molecular flexibility index (Phi) is 2.55. The van der Waals surface area contributed by atoms with Gasteiger partial charge in [0.05, 0.1) is 18.8 Å². The molecule has 2 aliphatic rings. The Hall–Kier alpha value is -0.160. The summed E-state index contributed by atoms with van der Waals surface area (Å²) in [5, 5.41) is 20.0. The van der Waals surface area contributed by atoms with Crippen LogP contribution < -0.4 is 0 Å². The minimum Gasteiger partial charge on any atom is -0.396 e. The first-order chi connectivity index (χ1) is 6.62. The molecule has 4 nitrogen and oxygen atoms in total. The monoisotopic (exact) mass is 201 g/mol. The molecule has 0 aromatic rings. The van der Waals surface area contributed by atoms with E-state index in [1.807, 2.05) is 7.05 Å². The highest BCUT2D eigenvalue weighted by Crippen LogP contribution is 2.44. The minimum absolute atomic E-state index is 0.0251. The van der Waals surface area contributed by atoms with E-state index >= 15 is 0 Å². The molecule has 2 heterocycles. The third-order valence-corrected chi connectivity index (χ3v) is 3.83. The second kappa shape index (κ2) is 3.45. The summed E-state index contributed by atoms with van der Waals surface area (Å²) in [7, 11) is 2.00. The lowest BCUT2D eigenvalue weighted by molar-refractivity contribution is -0.101. The number of hydrogen-bond donors (Lipinski definition) is 2. The lowest BCUT2D eigenvalue weighted by atomic mass is 9.71. The highest BCUT2D eigenvalue weighted by atomic mass is 16.5. The van der Waals surface area contributed by atoms with Crippen LogP contribution in [-0.4, -0.2) is 60.7 Å². The van der Waals surface area contributed by atoms with E-state index in [9.17, 15) is 10.2 Å². The first-order valence-electron chi connectivity index (χ1n) is 5.21. The molecule has 4 heteroatoms. The zero-order chi connectivity index (χ0) is 10.2. The van der Waals surface area contributed by atoms with Crippen molar-refractivity contribution in [2.45, 2.75) is 18.4 Å². The van der Waals surface area contributed by atoms with Gasteiger partial charge in [-0.1, -0.05) is 0 Å². The predicted molar refractivity (Wildman–Crippen MR) is 52.0 cm³/mol. The molecule has 2 saturated heterocycles. The molecule has 0 aromatic heterocycles. The second-order valence-corrected chi connectivity index (χ2v) is 4.76. The van der Waals surface area contributed by atoms with Crippen molar-refractivity contribution in [3.05, 3.63) is 0 Å². The Labute approximate surface area is 84.5 Å². The number of likely N-dealkylation sites (tertiary alicyclic amines) is 1. The molecule has 14 heavy (non-hydrogen) atoms. The number of aliphatic hydroxyl groups excluding tert-OH is 1. The molecular weight excluding hydrogens is 182 g/mol. The summed E-state index contributed by atoms with van der Waals surface area (Å²) in [6.07, 6.45) is 1.52. The molecule has 2 fully saturated rings. The van der Waals surface area contributed by atoms with Crippen LogP contribution in [0.2, 0.25) is 0 Å². The molecule has 0 radical (unpaired) electrons. The fraction of sp³-hybridized carbons (Fsp3) is 1.00. The van der Waals surface area contributed by atoms with E-state index < -0.39 is 11.0 Å². The van der Waals surface area contributed by atoms with Gasteiger partial charge in [0.1, 0.15) is 0 Å². The number of β-amino-alcohol motifs (C(OH)–C–C–N with tert-alkyl or cyclic N) is 1. The second-order valence-electron chi connectivity index (χ2n) is 4.76. The third-order valence-electron chi connectivity index (χ3n) is 3.83. The van der Waals surface area contributed by atoms with Crippen LogP contribution in [0.3, 0.4) is 0 Å². The van der Waals surface area contributed by atoms with Gasteiger partial charge in [0.25, 0.3) is 0 Å². The maximum Gasteiger partial charge on any atom is 0.0886 e. The summed E-state index contributed by atoms with van der Waals surface area (Å²) in [6.45, 7) is 2.73. The van der Waals surface area contributed by atoms with Gasteiger partial charge in [0.15, 0.2) is 0 Å². The average molecular weight is 201 g/mol. The number of likely N-dealkylation sites (N-methyl/N-ethyl adjacent to an activating group) is 1. The van der Waals surface area contributed by atoms with Crippen molar-refractivity contribution in [3.8, 4) is 0 Å². The molecule has 0 aromatic carbocycles. The van der Waals surface area contributed by atoms with Crippen LogP contribution in [0.4, 0.5) is 0 Å². The van der Waals surface area contributed by atoms with E-state index in [0.29, 0.717) is 19.8 Å². The van der Waals surface area contributed by atoms with Gasteiger partial charge in [-0.05, 0) is 19.9 Å². The van der Waals surface area contributed by atoms with Gasteiger partial charge in [-0.25, -0.2) is 0 Å². The highest BCUT2D eigenvalue weighted by molar-refractivity contribution is 5.05. The van der Waals surface area contributed by atoms with Crippen molar-refractivity contribution in [2.75, 3.05) is 40.0 Å². The Morgan fingerprint density at radius 2 is 2.21 bits per heavy atom. The van der Waals surface area contributed by atoms with Crippen molar-refractivity contribution in [3.63, 3.8) is 0 Å². The quantitative estimate of drug-likeness (QED) is 0.629. The molecule has 2 rings (SSSR count). The van der Waals surface area contributed by atoms with Gasteiger partial charge in [-0.2, -0.15) is 0 Å². The lowest BCUT2D eigenvalue weighted by Crippen LogP contribution is -2.52. The van der Waals surface area contributed by atoms with Crippen LogP contribution in [0, 0.1) is 5.41 Å². The number of nitrogens with zero attached hydrogens (tertiary/aromatic N) is 1. The fourth-order valence-electron chi connectivity index (χ4n) is 2.66. The smallest absolute Gasteiger partial charge is 0.0886 e. The summed E-state index contributed by atoms with van der Waals surface area (Å²) in [4.78, 5) is 2.11. The maximum atomic E-state index is 10.5. The van der Waals surface area contributed by atoms with Crippen molar-refractivity contribution in [1.29, 1.82) is 0 Å². The molecule has 0 bridgehead atoms. The molecule has 2 unspecified atom stereocenters. The molecule has 0 spiro atoms. The normalized spacial score (nSPS) is 44.8. The Morgan fingerprint density at radius 1 is 1.43 bits per heavy atom. The van der Waals surface area contributed by atoms with E-state index in [0.717, 1.165) is 19.4 Å². The van der Waals surface area contributed by atoms with Gasteiger partial charge in [-0.3, -0.25) is 0 Å². The van der Waals surface area contributed by atoms with Gasteiger partial charge in [0, 0.05) is 25.1 Å². The molecule has 0 amide bonds. The summed E-state index contributed by atoms with van der Waals surface area (Å²) < 4.78 is 5.33. The zero-order valence-corrected chi connectivity index (χ0v) is 8.70. The Bertz CT molecular complexity index is 215. The van der Waals surface area contributed by atoms with Gasteiger partial charge < -0.3 is 19.8 Å². The topological polar surface area (TPSA) is 52.9 Å². The zero-order valence-electron chi connectivity index (χ0n) is 8.70. The summed E-state index contributed by atoms with van der Waals surface area (Å²) in [6, 6.07) is 0. The standard InChI is InChI=1S/C10H19NO3/c1-11-4-2-10(13,6-11)9(7-12)3-5-14-8-9/h12-13H,2-8H2,1H3. The van der Waals surface area contributed by atoms with Crippen molar-refractivity contribution < 1.29 is 14.9 Å². The van der Waals surface area contributed by atoms with E-state index in [1.165, 1.54) is 0 Å². The molecule has 0 aliphatic carbocycles. The van der Waals surface area contributed by atoms with E-state index in [-0.39, 0.29) is 6.61 Å². The molecule has 0 saturated carbocycles. The maximum absolute atomic E-state index is 10.5. The number of rotatable bonds is 2. The SMILES string of the molecule is CN1CCC(O)(C2(CO)CCOC2)C1. The largest absolute Gasteiger partial charge is 0.396 e. The van der Waals surface area contributed by atoms with Crippen molar-refractivity contribution in [1.82, 2.24) is 4.90 Å². The minimum atomic E-state index is -0.757. The summed E-state index contributed by atoms with van der Waals surface area (Å²) in [5.74, 6) is 0. The van der Waals surface area contributed by atoms with Gasteiger partial charge in [-0.15, -0.1) is 0 Å². The van der Waals surface area contributed by atoms with Crippen molar-refractivity contribution in [2.24, 2.45) is 5.41 Å².